The summed E-state index contributed by atoms with van der Waals surface area (Å²) in [4.78, 5) is 46.3. The van der Waals surface area contributed by atoms with Gasteiger partial charge < -0.3 is 33.5 Å². The molecule has 1 amide bonds. The molecule has 2 atom stereocenters. The molecule has 2 aliphatic heterocycles. The first kappa shape index (κ1) is 43.9. The summed E-state index contributed by atoms with van der Waals surface area (Å²) >= 11 is 1.25. The molecule has 2 saturated heterocycles. The Hall–Kier alpha value is -5.22. The van der Waals surface area contributed by atoms with E-state index >= 15 is 4.39 Å². The predicted octanol–water partition coefficient (Wildman–Crippen LogP) is 5.58. The molecule has 1 aromatic heterocycles. The first-order valence-electron chi connectivity index (χ1n) is 18.5. The number of hydrogen-bond donors (Lipinski definition) is 0. The zero-order chi connectivity index (χ0) is 41.7. The normalized spacial score (nSPS) is 19.2. The fourth-order valence-corrected chi connectivity index (χ4v) is 7.88. The summed E-state index contributed by atoms with van der Waals surface area (Å²) < 4.78 is 73.2. The molecule has 2 fully saturated rings. The van der Waals surface area contributed by atoms with Crippen LogP contribution in [0.15, 0.2) is 67.3 Å². The average Bonchev–Trinajstić information content (AvgIpc) is 3.72. The number of benzene rings is 2. The van der Waals surface area contributed by atoms with Crippen LogP contribution < -0.4 is 0 Å². The van der Waals surface area contributed by atoms with Gasteiger partial charge in [0.15, 0.2) is 11.9 Å². The minimum absolute atomic E-state index is 0.0701. The van der Waals surface area contributed by atoms with Crippen molar-refractivity contribution in [2.24, 2.45) is 0 Å². The van der Waals surface area contributed by atoms with Crippen LogP contribution in [0.4, 0.5) is 18.0 Å². The van der Waals surface area contributed by atoms with Crippen LogP contribution in [0.2, 0.25) is 0 Å². The number of carbonyl (C=O) groups excluding carboxylic acids is 3. The summed E-state index contributed by atoms with van der Waals surface area (Å²) in [5.41, 5.74) is -1.57. The van der Waals surface area contributed by atoms with Crippen molar-refractivity contribution < 1.29 is 51.2 Å². The van der Waals surface area contributed by atoms with Crippen molar-refractivity contribution in [1.82, 2.24) is 24.6 Å². The second-order valence-electron chi connectivity index (χ2n) is 13.8. The van der Waals surface area contributed by atoms with Crippen molar-refractivity contribution >= 4 is 35.9 Å². The first-order valence-corrected chi connectivity index (χ1v) is 19.5. The highest BCUT2D eigenvalue weighted by Gasteiger charge is 2.47. The number of nitriles is 1. The van der Waals surface area contributed by atoms with Crippen LogP contribution in [0.3, 0.4) is 0 Å². The predicted molar refractivity (Wildman–Crippen MR) is 205 cm³/mol. The summed E-state index contributed by atoms with van der Waals surface area (Å²) in [5.74, 6) is -3.33. The molecule has 0 spiro atoms. The van der Waals surface area contributed by atoms with Crippen LogP contribution in [0.5, 0.6) is 0 Å². The van der Waals surface area contributed by atoms with Gasteiger partial charge in [-0.25, -0.2) is 27.6 Å². The molecular weight excluding hydrogens is 782 g/mol. The first-order chi connectivity index (χ1) is 27.9. The summed E-state index contributed by atoms with van der Waals surface area (Å²) in [7, 11) is 4.00. The Morgan fingerprint density at radius 2 is 1.81 bits per heavy atom. The Balaban J connectivity index is 1.20. The second kappa shape index (κ2) is 21.0. The van der Waals surface area contributed by atoms with Gasteiger partial charge in [0.2, 0.25) is 12.7 Å². The molecule has 2 unspecified atom stereocenters. The molecule has 0 N–H and O–H groups in total. The van der Waals surface area contributed by atoms with E-state index < -0.39 is 53.5 Å². The van der Waals surface area contributed by atoms with Crippen molar-refractivity contribution in [3.8, 4) is 6.07 Å². The largest absolute Gasteiger partial charge is 0.512 e. The molecule has 3 aromatic rings. The molecule has 58 heavy (non-hydrogen) atoms. The van der Waals surface area contributed by atoms with Crippen molar-refractivity contribution in [3.63, 3.8) is 0 Å². The highest BCUT2D eigenvalue weighted by atomic mass is 32.2. The zero-order valence-corrected chi connectivity index (χ0v) is 33.1. The summed E-state index contributed by atoms with van der Waals surface area (Å²) in [6, 6.07) is 9.30. The Morgan fingerprint density at radius 1 is 1.05 bits per heavy atom. The Morgan fingerprint density at radius 3 is 2.47 bits per heavy atom. The maximum Gasteiger partial charge on any atom is 0.512 e. The maximum atomic E-state index is 15.7. The van der Waals surface area contributed by atoms with Crippen LogP contribution in [-0.4, -0.2) is 113 Å². The maximum absolute atomic E-state index is 15.7. The number of likely N-dealkylation sites (tertiary alicyclic amines) is 1. The zero-order valence-electron chi connectivity index (χ0n) is 32.3. The second-order valence-corrected chi connectivity index (χ2v) is 15.5. The summed E-state index contributed by atoms with van der Waals surface area (Å²) in [5, 5.41) is 11.9. The molecule has 0 radical (unpaired) electrons. The smallest absolute Gasteiger partial charge is 0.428 e. The Labute approximate surface area is 338 Å². The van der Waals surface area contributed by atoms with Gasteiger partial charge in [-0.3, -0.25) is 9.59 Å². The third kappa shape index (κ3) is 12.1. The van der Waals surface area contributed by atoms with Crippen LogP contribution in [0.25, 0.3) is 6.08 Å². The Kier molecular flexibility index (Phi) is 15.9. The van der Waals surface area contributed by atoms with Crippen molar-refractivity contribution in [2.75, 3.05) is 47.2 Å². The van der Waals surface area contributed by atoms with Crippen LogP contribution in [0.1, 0.15) is 49.3 Å². The van der Waals surface area contributed by atoms with Crippen LogP contribution in [-0.2, 0) is 45.4 Å². The number of allylic oxidation sites excluding steroid dienone is 2. The molecule has 5 rings (SSSR count). The van der Waals surface area contributed by atoms with E-state index in [-0.39, 0.29) is 54.9 Å². The number of nitrogens with zero attached hydrogens (tertiary/aromatic N) is 6. The number of hydrogen-bond acceptors (Lipinski definition) is 13. The fourth-order valence-electron chi connectivity index (χ4n) is 6.52. The molecule has 0 aliphatic carbocycles. The van der Waals surface area contributed by atoms with Crippen molar-refractivity contribution in [2.45, 2.75) is 67.6 Å². The monoisotopic (exact) mass is 826 g/mol. The topological polar surface area (TPSA) is 158 Å². The van der Waals surface area contributed by atoms with Gasteiger partial charge in [-0.1, -0.05) is 24.3 Å². The van der Waals surface area contributed by atoms with Gasteiger partial charge >= 0.3 is 12.1 Å². The van der Waals surface area contributed by atoms with E-state index in [1.807, 2.05) is 20.2 Å². The lowest BCUT2D eigenvalue weighted by Gasteiger charge is -2.40. The van der Waals surface area contributed by atoms with Crippen molar-refractivity contribution in [1.29, 1.82) is 5.26 Å². The minimum Gasteiger partial charge on any atom is -0.428 e. The molecule has 3 heterocycles. The van der Waals surface area contributed by atoms with E-state index in [1.165, 1.54) is 47.3 Å². The number of amides is 1. The number of rotatable bonds is 16. The van der Waals surface area contributed by atoms with E-state index in [2.05, 4.69) is 15.0 Å². The van der Waals surface area contributed by atoms with Gasteiger partial charge in [0.1, 0.15) is 30.1 Å². The van der Waals surface area contributed by atoms with Crippen LogP contribution in [0, 0.1) is 28.8 Å². The third-order valence-electron chi connectivity index (χ3n) is 9.73. The number of piperidine rings is 1. The lowest BCUT2D eigenvalue weighted by molar-refractivity contribution is -0.157. The molecule has 18 heteroatoms. The molecular formula is C40H45F3N6O8S. The molecule has 2 aromatic carbocycles. The summed E-state index contributed by atoms with van der Waals surface area (Å²) in [6.45, 7) is 2.08. The van der Waals surface area contributed by atoms with Gasteiger partial charge in [0.05, 0.1) is 43.1 Å². The number of carbonyl (C=O) groups is 3. The number of thioether (sulfide) groups is 1. The van der Waals surface area contributed by atoms with Gasteiger partial charge in [0, 0.05) is 48.0 Å². The van der Waals surface area contributed by atoms with E-state index in [0.29, 0.717) is 30.8 Å². The van der Waals surface area contributed by atoms with Crippen molar-refractivity contribution in [3.05, 3.63) is 101 Å². The lowest BCUT2D eigenvalue weighted by atomic mass is 9.89. The molecule has 0 bridgehead atoms. The molecule has 310 valence electrons. The van der Waals surface area contributed by atoms with Crippen LogP contribution >= 0.6 is 11.8 Å². The van der Waals surface area contributed by atoms with Gasteiger partial charge in [-0.05, 0) is 64.2 Å². The molecule has 14 nitrogen and oxygen atoms in total. The number of aromatic nitrogens is 3. The number of ether oxygens (including phenoxy) is 5. The standard InChI is InChI=1S/C40H45F3N6O8S/c1-27(58-32-21-53-38(54-22-32)7-5-4-6-29-9-8-28(20-44)18-34(29)42)40(23-49-25-45-24-46-49,33-11-10-30(41)19-35(33)43)57-39(52)56-26-55-37(51)13-12-36(50)48-16-14-31(15-17-48)47(2)3/h4-11,18-19,24-25,27,31-32,38H,12-17,21-23,26H2,1-3H3. The number of esters is 1. The number of halogens is 3. The summed E-state index contributed by atoms with van der Waals surface area (Å²) in [6.07, 6.45) is 8.30. The quantitative estimate of drug-likeness (QED) is 0.100. The van der Waals surface area contributed by atoms with E-state index in [9.17, 15) is 23.2 Å². The molecule has 0 saturated carbocycles. The Bertz CT molecular complexity index is 1960. The van der Waals surface area contributed by atoms with E-state index in [1.54, 1.807) is 30.1 Å². The minimum atomic E-state index is -1.90. The van der Waals surface area contributed by atoms with Gasteiger partial charge in [-0.15, -0.1) is 11.8 Å². The average molecular weight is 827 g/mol. The molecule has 2 aliphatic rings. The fraction of sp³-hybridized carbons (Fsp3) is 0.450. The van der Waals surface area contributed by atoms with E-state index in [0.717, 1.165) is 31.0 Å². The van der Waals surface area contributed by atoms with Gasteiger partial charge in [0.25, 0.3) is 0 Å². The highest BCUT2D eigenvalue weighted by molar-refractivity contribution is 8.00. The SMILES string of the molecule is CC(SC1COC(C=CC=Cc2ccc(C#N)cc2F)OC1)C(Cn1cncn1)(OC(=O)OCOC(=O)CCC(=O)N1CCC(N(C)C)CC1)c1ccc(F)cc1F. The highest BCUT2D eigenvalue weighted by Crippen LogP contribution is 2.42. The van der Waals surface area contributed by atoms with Gasteiger partial charge in [-0.2, -0.15) is 10.4 Å². The third-order valence-corrected chi connectivity index (χ3v) is 11.2. The lowest BCUT2D eigenvalue weighted by Crippen LogP contribution is -2.47. The van der Waals surface area contributed by atoms with E-state index in [4.69, 9.17) is 28.9 Å².